The van der Waals surface area contributed by atoms with Crippen LogP contribution >= 0.6 is 0 Å². The average Bonchev–Trinajstić information content (AvgIpc) is 3.74. The number of hydrogen-bond acceptors (Lipinski definition) is 6. The first-order valence-electron chi connectivity index (χ1n) is 16.0. The lowest BCUT2D eigenvalue weighted by molar-refractivity contribution is -0.135. The lowest BCUT2D eigenvalue weighted by Gasteiger charge is -2.35. The van der Waals surface area contributed by atoms with E-state index in [2.05, 4.69) is 20.9 Å². The van der Waals surface area contributed by atoms with Gasteiger partial charge in [0, 0.05) is 38.8 Å². The highest BCUT2D eigenvalue weighted by Gasteiger charge is 2.43. The van der Waals surface area contributed by atoms with Gasteiger partial charge in [-0.2, -0.15) is 0 Å². The summed E-state index contributed by atoms with van der Waals surface area (Å²) in [6.07, 6.45) is 12.0. The van der Waals surface area contributed by atoms with E-state index < -0.39 is 11.6 Å². The molecule has 1 saturated carbocycles. The van der Waals surface area contributed by atoms with Crippen molar-refractivity contribution in [2.45, 2.75) is 69.4 Å². The van der Waals surface area contributed by atoms with Crippen molar-refractivity contribution in [3.63, 3.8) is 0 Å². The van der Waals surface area contributed by atoms with Crippen LogP contribution in [0.3, 0.4) is 0 Å². The Balaban J connectivity index is 1.17. The summed E-state index contributed by atoms with van der Waals surface area (Å²) in [4.78, 5) is 42.7. The van der Waals surface area contributed by atoms with Gasteiger partial charge in [0.25, 0.3) is 0 Å². The van der Waals surface area contributed by atoms with Gasteiger partial charge in [-0.25, -0.2) is 0 Å². The third-order valence-electron chi connectivity index (χ3n) is 9.23. The van der Waals surface area contributed by atoms with Crippen LogP contribution in [0.15, 0.2) is 59.2 Å². The molecule has 0 radical (unpaired) electrons. The van der Waals surface area contributed by atoms with Crippen molar-refractivity contribution in [2.24, 2.45) is 11.8 Å². The summed E-state index contributed by atoms with van der Waals surface area (Å²) < 4.78 is 10.8. The van der Waals surface area contributed by atoms with Crippen LogP contribution in [-0.2, 0) is 25.5 Å². The quantitative estimate of drug-likeness (QED) is 0.325. The van der Waals surface area contributed by atoms with E-state index in [0.717, 1.165) is 82.9 Å². The smallest absolute Gasteiger partial charge is 0.246 e. The van der Waals surface area contributed by atoms with Gasteiger partial charge >= 0.3 is 0 Å². The summed E-state index contributed by atoms with van der Waals surface area (Å²) in [6, 6.07) is 12.5. The molecule has 5 rings (SSSR count). The number of hydrogen-bond donors (Lipinski definition) is 3. The van der Waals surface area contributed by atoms with E-state index in [1.165, 1.54) is 6.08 Å². The topological polar surface area (TPSA) is 113 Å². The number of amides is 3. The van der Waals surface area contributed by atoms with E-state index in [0.29, 0.717) is 37.5 Å². The maximum Gasteiger partial charge on any atom is 0.246 e. The molecule has 0 unspecified atom stereocenters. The largest absolute Gasteiger partial charge is 0.465 e. The zero-order valence-electron chi connectivity index (χ0n) is 25.1. The Morgan fingerprint density at radius 3 is 2.40 bits per heavy atom. The van der Waals surface area contributed by atoms with Crippen molar-refractivity contribution in [2.75, 3.05) is 39.4 Å². The predicted octanol–water partition coefficient (Wildman–Crippen LogP) is 3.70. The lowest BCUT2D eigenvalue weighted by Crippen LogP contribution is -2.61. The molecule has 2 aromatic rings. The minimum absolute atomic E-state index is 0.181. The zero-order chi connectivity index (χ0) is 29.9. The molecule has 1 aromatic carbocycles. The molecule has 2 saturated heterocycles. The van der Waals surface area contributed by atoms with Crippen LogP contribution in [0.25, 0.3) is 6.08 Å². The molecule has 3 fully saturated rings. The van der Waals surface area contributed by atoms with Crippen molar-refractivity contribution in [1.82, 2.24) is 20.9 Å². The number of benzene rings is 1. The van der Waals surface area contributed by atoms with E-state index >= 15 is 0 Å². The lowest BCUT2D eigenvalue weighted by atomic mass is 9.93. The first-order chi connectivity index (χ1) is 21.0. The Kier molecular flexibility index (Phi) is 11.1. The number of likely N-dealkylation sites (tertiary alicyclic amines) is 1. The fourth-order valence-corrected chi connectivity index (χ4v) is 6.60. The van der Waals surface area contributed by atoms with Gasteiger partial charge in [-0.3, -0.25) is 14.4 Å². The molecule has 3 N–H and O–H groups in total. The molecular formula is C34H46N4O5. The Bertz CT molecular complexity index is 1190. The number of carbonyl (C=O) groups is 3. The van der Waals surface area contributed by atoms with Gasteiger partial charge in [0.15, 0.2) is 0 Å². The van der Waals surface area contributed by atoms with Gasteiger partial charge in [-0.05, 0) is 87.2 Å². The second-order valence-electron chi connectivity index (χ2n) is 12.4. The molecule has 9 heteroatoms. The summed E-state index contributed by atoms with van der Waals surface area (Å²) in [5, 5.41) is 9.15. The third-order valence-corrected chi connectivity index (χ3v) is 9.23. The second-order valence-corrected chi connectivity index (χ2v) is 12.4. The molecule has 232 valence electrons. The molecule has 1 atom stereocenters. The van der Waals surface area contributed by atoms with Crippen LogP contribution in [0.5, 0.6) is 0 Å². The molecule has 2 aliphatic heterocycles. The zero-order valence-corrected chi connectivity index (χ0v) is 25.1. The standard InChI is InChI=1S/C34H46N4O5/c39-31(11-10-29-9-6-20-43-29)37-34(16-4-5-17-34)33(41)36-30(23-26-7-2-1-3-8-26)32(40)35-24-27-12-18-38(19-13-27)25-28-14-21-42-22-15-28/h1-3,6-11,20,27-28,30H,4-5,12-19,21-25H2,(H,35,40)(H,36,41)(H,37,39)/b11-10+/t30-/m1/s1. The molecule has 3 amide bonds. The van der Waals surface area contributed by atoms with Crippen LogP contribution in [-0.4, -0.2) is 73.6 Å². The van der Waals surface area contributed by atoms with Crippen LogP contribution in [0, 0.1) is 11.8 Å². The summed E-state index contributed by atoms with van der Waals surface area (Å²) in [5.41, 5.74) is -0.0767. The second kappa shape index (κ2) is 15.3. The van der Waals surface area contributed by atoms with Crippen molar-refractivity contribution in [3.05, 3.63) is 66.1 Å². The number of furan rings is 1. The SMILES string of the molecule is O=C(/C=C/c1ccco1)NC1(C(=O)N[C@H](Cc2ccccc2)C(=O)NCC2CCN(CC3CCOCC3)CC2)CCCC1. The van der Waals surface area contributed by atoms with Crippen molar-refractivity contribution >= 4 is 23.8 Å². The van der Waals surface area contributed by atoms with Crippen LogP contribution in [0.4, 0.5) is 0 Å². The van der Waals surface area contributed by atoms with Gasteiger partial charge in [0.05, 0.1) is 6.26 Å². The molecule has 0 spiro atoms. The molecule has 3 heterocycles. The third kappa shape index (κ3) is 9.03. The highest BCUT2D eigenvalue weighted by Crippen LogP contribution is 2.30. The number of rotatable bonds is 12. The molecule has 1 aliphatic carbocycles. The number of nitrogens with zero attached hydrogens (tertiary/aromatic N) is 1. The highest BCUT2D eigenvalue weighted by molar-refractivity contribution is 5.99. The maximum absolute atomic E-state index is 13.8. The van der Waals surface area contributed by atoms with Crippen molar-refractivity contribution in [3.8, 4) is 0 Å². The van der Waals surface area contributed by atoms with Gasteiger partial charge in [-0.1, -0.05) is 43.2 Å². The number of nitrogens with one attached hydrogen (secondary N) is 3. The summed E-state index contributed by atoms with van der Waals surface area (Å²) >= 11 is 0. The number of piperidine rings is 1. The average molecular weight is 591 g/mol. The molecule has 9 nitrogen and oxygen atoms in total. The predicted molar refractivity (Wildman–Crippen MR) is 165 cm³/mol. The monoisotopic (exact) mass is 590 g/mol. The van der Waals surface area contributed by atoms with Gasteiger partial charge in [0.2, 0.25) is 17.7 Å². The first kappa shape index (κ1) is 31.0. The van der Waals surface area contributed by atoms with Crippen LogP contribution < -0.4 is 16.0 Å². The van der Waals surface area contributed by atoms with Gasteiger partial charge in [0.1, 0.15) is 17.3 Å². The van der Waals surface area contributed by atoms with Crippen LogP contribution in [0.1, 0.15) is 62.7 Å². The molecule has 3 aliphatic rings. The van der Waals surface area contributed by atoms with Gasteiger partial charge in [-0.15, -0.1) is 0 Å². The summed E-state index contributed by atoms with van der Waals surface area (Å²) in [6.45, 7) is 5.61. The van der Waals surface area contributed by atoms with E-state index in [1.807, 2.05) is 30.3 Å². The molecule has 0 bridgehead atoms. The van der Waals surface area contributed by atoms with Gasteiger partial charge < -0.3 is 30.0 Å². The highest BCUT2D eigenvalue weighted by atomic mass is 16.5. The first-order valence-corrected chi connectivity index (χ1v) is 16.0. The van der Waals surface area contributed by atoms with E-state index in [1.54, 1.807) is 24.5 Å². The fourth-order valence-electron chi connectivity index (χ4n) is 6.60. The Morgan fingerprint density at radius 1 is 0.953 bits per heavy atom. The Hall–Kier alpha value is -3.43. The minimum atomic E-state index is -1.04. The number of carbonyl (C=O) groups excluding carboxylic acids is 3. The molecular weight excluding hydrogens is 544 g/mol. The Morgan fingerprint density at radius 2 is 1.70 bits per heavy atom. The minimum Gasteiger partial charge on any atom is -0.465 e. The van der Waals surface area contributed by atoms with Crippen molar-refractivity contribution in [1.29, 1.82) is 0 Å². The normalized spacial score (nSPS) is 20.6. The van der Waals surface area contributed by atoms with E-state index in [-0.39, 0.29) is 17.7 Å². The number of ether oxygens (including phenoxy) is 1. The molecule has 1 aromatic heterocycles. The maximum atomic E-state index is 13.8. The van der Waals surface area contributed by atoms with Crippen molar-refractivity contribution < 1.29 is 23.5 Å². The Labute approximate surface area is 254 Å². The molecule has 43 heavy (non-hydrogen) atoms. The fraction of sp³-hybridized carbons (Fsp3) is 0.559. The summed E-state index contributed by atoms with van der Waals surface area (Å²) in [7, 11) is 0. The van der Waals surface area contributed by atoms with E-state index in [4.69, 9.17) is 9.15 Å². The summed E-state index contributed by atoms with van der Waals surface area (Å²) in [5.74, 6) is 0.864. The van der Waals surface area contributed by atoms with Crippen LogP contribution in [0.2, 0.25) is 0 Å². The van der Waals surface area contributed by atoms with E-state index in [9.17, 15) is 14.4 Å².